The van der Waals surface area contributed by atoms with E-state index in [1.165, 1.54) is 0 Å². The number of hydrogen-bond acceptors (Lipinski definition) is 3. The van der Waals surface area contributed by atoms with Crippen LogP contribution in [0.25, 0.3) is 0 Å². The maximum atomic E-state index is 11.7. The van der Waals surface area contributed by atoms with Gasteiger partial charge in [0.1, 0.15) is 0 Å². The molecule has 0 atom stereocenters. The summed E-state index contributed by atoms with van der Waals surface area (Å²) in [6.45, 7) is 18.9. The lowest BCUT2D eigenvalue weighted by Gasteiger charge is -2.42. The second-order valence-electron chi connectivity index (χ2n) is 5.56. The maximum absolute atomic E-state index is 11.7. The molecule has 0 spiro atoms. The molecule has 0 aliphatic carbocycles. The highest BCUT2D eigenvalue weighted by Crippen LogP contribution is 2.43. The Morgan fingerprint density at radius 2 is 1.44 bits per heavy atom. The maximum Gasteiger partial charge on any atom is 0.371 e. The summed E-state index contributed by atoms with van der Waals surface area (Å²) in [7, 11) is -2.08. The molecule has 4 heteroatoms. The third-order valence-corrected chi connectivity index (χ3v) is 9.52. The number of rotatable bonds is 7. The quantitative estimate of drug-likeness (QED) is 0.301. The van der Waals surface area contributed by atoms with E-state index < -0.39 is 14.3 Å². The van der Waals surface area contributed by atoms with Crippen LogP contribution in [0.15, 0.2) is 12.3 Å². The molecular formula is C14H28O3Si. The summed E-state index contributed by atoms with van der Waals surface area (Å²) in [5.74, 6) is -0.268. The fourth-order valence-electron chi connectivity index (χ4n) is 2.82. The second kappa shape index (κ2) is 6.97. The highest BCUT2D eigenvalue weighted by Gasteiger charge is 2.47. The number of hydrogen-bond donors (Lipinski definition) is 0. The standard InChI is InChI=1S/C14H28O3Si/c1-9-16-14(15)13(8)17-18(10(2)3,11(4)5)12(6)7/h10-12H,8-9H2,1-7H3. The van der Waals surface area contributed by atoms with Gasteiger partial charge < -0.3 is 9.16 Å². The van der Waals surface area contributed by atoms with Gasteiger partial charge in [0.25, 0.3) is 8.32 Å². The normalized spacial score (nSPS) is 12.1. The molecule has 3 nitrogen and oxygen atoms in total. The predicted molar refractivity (Wildman–Crippen MR) is 77.9 cm³/mol. The Hall–Kier alpha value is -0.773. The summed E-state index contributed by atoms with van der Waals surface area (Å²) in [5.41, 5.74) is 1.26. The molecule has 0 fully saturated rings. The van der Waals surface area contributed by atoms with E-state index in [-0.39, 0.29) is 5.76 Å². The lowest BCUT2D eigenvalue weighted by molar-refractivity contribution is -0.141. The van der Waals surface area contributed by atoms with Crippen LogP contribution >= 0.6 is 0 Å². The van der Waals surface area contributed by atoms with Crippen molar-refractivity contribution in [2.45, 2.75) is 65.1 Å². The van der Waals surface area contributed by atoms with Crippen LogP contribution in [0.2, 0.25) is 16.6 Å². The predicted octanol–water partition coefficient (Wildman–Crippen LogP) is 4.26. The fourth-order valence-corrected chi connectivity index (χ4v) is 8.04. The lowest BCUT2D eigenvalue weighted by Crippen LogP contribution is -2.48. The highest BCUT2D eigenvalue weighted by atomic mass is 28.4. The van der Waals surface area contributed by atoms with Crippen LogP contribution in [0, 0.1) is 0 Å². The molecule has 0 aromatic heterocycles. The Morgan fingerprint density at radius 3 is 1.72 bits per heavy atom. The molecule has 0 rings (SSSR count). The molecule has 0 heterocycles. The largest absolute Gasteiger partial charge is 0.538 e. The SMILES string of the molecule is C=C(O[Si](C(C)C)(C(C)C)C(C)C)C(=O)OCC. The average Bonchev–Trinajstić information content (AvgIpc) is 2.24. The van der Waals surface area contributed by atoms with Gasteiger partial charge >= 0.3 is 5.97 Å². The van der Waals surface area contributed by atoms with Gasteiger partial charge in [0, 0.05) is 0 Å². The van der Waals surface area contributed by atoms with E-state index in [2.05, 4.69) is 48.1 Å². The smallest absolute Gasteiger partial charge is 0.371 e. The van der Waals surface area contributed by atoms with E-state index in [1.54, 1.807) is 6.92 Å². The summed E-state index contributed by atoms with van der Waals surface area (Å²) in [4.78, 5) is 11.7. The molecule has 0 aromatic rings. The number of ether oxygens (including phenoxy) is 1. The van der Waals surface area contributed by atoms with Gasteiger partial charge in [-0.2, -0.15) is 0 Å². The molecule has 0 saturated heterocycles. The van der Waals surface area contributed by atoms with Gasteiger partial charge in [0.2, 0.25) is 0 Å². The zero-order valence-electron chi connectivity index (χ0n) is 12.9. The van der Waals surface area contributed by atoms with Crippen LogP contribution in [0.1, 0.15) is 48.5 Å². The Balaban J connectivity index is 5.13. The molecule has 0 aromatic carbocycles. The second-order valence-corrected chi connectivity index (χ2v) is 10.9. The van der Waals surface area contributed by atoms with Crippen LogP contribution in [-0.4, -0.2) is 20.9 Å². The first-order valence-electron chi connectivity index (χ1n) is 6.75. The monoisotopic (exact) mass is 272 g/mol. The molecule has 0 bridgehead atoms. The molecule has 0 N–H and O–H groups in total. The molecule has 0 aliphatic heterocycles. The van der Waals surface area contributed by atoms with E-state index >= 15 is 0 Å². The van der Waals surface area contributed by atoms with Crippen LogP contribution in [0.4, 0.5) is 0 Å². The zero-order valence-corrected chi connectivity index (χ0v) is 13.9. The molecule has 0 saturated carbocycles. The molecule has 0 unspecified atom stereocenters. The van der Waals surface area contributed by atoms with Crippen molar-refractivity contribution in [2.75, 3.05) is 6.61 Å². The third-order valence-electron chi connectivity index (χ3n) is 3.51. The van der Waals surface area contributed by atoms with Gasteiger partial charge in [-0.05, 0) is 23.5 Å². The summed E-state index contributed by atoms with van der Waals surface area (Å²) in [6.07, 6.45) is 0. The first kappa shape index (κ1) is 17.2. The lowest BCUT2D eigenvalue weighted by atomic mass is 10.5. The zero-order chi connectivity index (χ0) is 14.5. The Labute approximate surface area is 113 Å². The van der Waals surface area contributed by atoms with Crippen LogP contribution in [0.5, 0.6) is 0 Å². The van der Waals surface area contributed by atoms with Crippen molar-refractivity contribution in [3.8, 4) is 0 Å². The molecule has 0 amide bonds. The topological polar surface area (TPSA) is 35.5 Å². The number of carbonyl (C=O) groups is 1. The minimum Gasteiger partial charge on any atom is -0.538 e. The van der Waals surface area contributed by atoms with E-state index in [0.29, 0.717) is 23.2 Å². The summed E-state index contributed by atoms with van der Waals surface area (Å²) in [5, 5.41) is 0. The Morgan fingerprint density at radius 1 is 1.06 bits per heavy atom. The molecule has 106 valence electrons. The van der Waals surface area contributed by atoms with Crippen molar-refractivity contribution >= 4 is 14.3 Å². The summed E-state index contributed by atoms with van der Waals surface area (Å²) in [6, 6.07) is 0. The summed E-state index contributed by atoms with van der Waals surface area (Å²) < 4.78 is 11.1. The molecule has 0 radical (unpaired) electrons. The van der Waals surface area contributed by atoms with E-state index in [1.807, 2.05) is 0 Å². The Bertz CT molecular complexity index is 274. The molecule has 0 aliphatic rings. The highest BCUT2D eigenvalue weighted by molar-refractivity contribution is 6.78. The first-order chi connectivity index (χ1) is 8.20. The van der Waals surface area contributed by atoms with Crippen LogP contribution < -0.4 is 0 Å². The van der Waals surface area contributed by atoms with Crippen molar-refractivity contribution in [2.24, 2.45) is 0 Å². The number of esters is 1. The van der Waals surface area contributed by atoms with Crippen LogP contribution in [-0.2, 0) is 14.0 Å². The molecule has 18 heavy (non-hydrogen) atoms. The average molecular weight is 272 g/mol. The van der Waals surface area contributed by atoms with Gasteiger partial charge in [0.15, 0.2) is 5.76 Å². The summed E-state index contributed by atoms with van der Waals surface area (Å²) >= 11 is 0. The van der Waals surface area contributed by atoms with Crippen molar-refractivity contribution in [3.05, 3.63) is 12.3 Å². The number of carbonyl (C=O) groups excluding carboxylic acids is 1. The van der Waals surface area contributed by atoms with Gasteiger partial charge in [-0.1, -0.05) is 48.1 Å². The van der Waals surface area contributed by atoms with E-state index in [0.717, 1.165) is 0 Å². The van der Waals surface area contributed by atoms with Crippen molar-refractivity contribution in [1.29, 1.82) is 0 Å². The van der Waals surface area contributed by atoms with Gasteiger partial charge in [-0.15, -0.1) is 0 Å². The van der Waals surface area contributed by atoms with Gasteiger partial charge in [-0.25, -0.2) is 4.79 Å². The third kappa shape index (κ3) is 3.61. The van der Waals surface area contributed by atoms with Crippen molar-refractivity contribution in [3.63, 3.8) is 0 Å². The molecular weight excluding hydrogens is 244 g/mol. The van der Waals surface area contributed by atoms with Crippen molar-refractivity contribution in [1.82, 2.24) is 0 Å². The fraction of sp³-hybridized carbons (Fsp3) is 0.786. The minimum absolute atomic E-state index is 0.166. The minimum atomic E-state index is -2.08. The van der Waals surface area contributed by atoms with Gasteiger partial charge in [0.05, 0.1) is 6.61 Å². The van der Waals surface area contributed by atoms with Crippen LogP contribution in [0.3, 0.4) is 0 Å². The van der Waals surface area contributed by atoms with Crippen molar-refractivity contribution < 1.29 is 14.0 Å². The van der Waals surface area contributed by atoms with E-state index in [9.17, 15) is 4.79 Å². The first-order valence-corrected chi connectivity index (χ1v) is 8.89. The van der Waals surface area contributed by atoms with Gasteiger partial charge in [-0.3, -0.25) is 0 Å². The van der Waals surface area contributed by atoms with E-state index in [4.69, 9.17) is 9.16 Å². The Kier molecular flexibility index (Phi) is 6.67.